The van der Waals surface area contributed by atoms with Gasteiger partial charge in [0.15, 0.2) is 0 Å². The van der Waals surface area contributed by atoms with Gasteiger partial charge in [-0.3, -0.25) is 4.98 Å². The molecule has 3 nitrogen and oxygen atoms in total. The molecule has 0 unspecified atom stereocenters. The van der Waals surface area contributed by atoms with E-state index in [0.29, 0.717) is 5.75 Å². The van der Waals surface area contributed by atoms with Crippen molar-refractivity contribution in [2.75, 3.05) is 6.54 Å². The topological polar surface area (TPSA) is 45.2 Å². The predicted molar refractivity (Wildman–Crippen MR) is 50.5 cm³/mol. The summed E-state index contributed by atoms with van der Waals surface area (Å²) in [6.07, 6.45) is 5.24. The van der Waals surface area contributed by atoms with E-state index in [1.54, 1.807) is 18.3 Å². The van der Waals surface area contributed by atoms with Crippen LogP contribution in [0, 0.1) is 0 Å². The number of aromatic nitrogens is 1. The molecule has 0 radical (unpaired) electrons. The zero-order chi connectivity index (χ0) is 9.10. The van der Waals surface area contributed by atoms with Gasteiger partial charge in [-0.15, -0.1) is 0 Å². The molecular formula is C10H14N2O. The summed E-state index contributed by atoms with van der Waals surface area (Å²) in [4.78, 5) is 4.19. The molecule has 0 bridgehead atoms. The summed E-state index contributed by atoms with van der Waals surface area (Å²) in [5.74, 6) is 0.307. The van der Waals surface area contributed by atoms with Crippen LogP contribution in [-0.2, 0) is 0 Å². The fraction of sp³-hybridized carbons (Fsp3) is 0.500. The lowest BCUT2D eigenvalue weighted by atomic mass is 10.0. The summed E-state index contributed by atoms with van der Waals surface area (Å²) in [7, 11) is 0. The highest BCUT2D eigenvalue weighted by Gasteiger charge is 2.18. The maximum absolute atomic E-state index is 9.56. The molecule has 0 spiro atoms. The van der Waals surface area contributed by atoms with Crippen LogP contribution >= 0.6 is 0 Å². The molecule has 0 aliphatic carbocycles. The van der Waals surface area contributed by atoms with Crippen molar-refractivity contribution < 1.29 is 5.11 Å². The molecule has 2 N–H and O–H groups in total. The smallest absolute Gasteiger partial charge is 0.138 e. The quantitative estimate of drug-likeness (QED) is 0.686. The van der Waals surface area contributed by atoms with Crippen LogP contribution in [0.4, 0.5) is 0 Å². The largest absolute Gasteiger partial charge is 0.506 e. The third-order valence-electron chi connectivity index (χ3n) is 2.46. The van der Waals surface area contributed by atoms with Gasteiger partial charge in [0.2, 0.25) is 0 Å². The van der Waals surface area contributed by atoms with E-state index < -0.39 is 0 Å². The lowest BCUT2D eigenvalue weighted by Crippen LogP contribution is -2.27. The van der Waals surface area contributed by atoms with Crippen molar-refractivity contribution in [1.82, 2.24) is 10.3 Å². The highest BCUT2D eigenvalue weighted by molar-refractivity contribution is 5.27. The summed E-state index contributed by atoms with van der Waals surface area (Å²) < 4.78 is 0. The molecule has 1 aromatic heterocycles. The molecule has 1 aliphatic rings. The third kappa shape index (κ3) is 1.80. The average molecular weight is 178 g/mol. The first-order valence-electron chi connectivity index (χ1n) is 4.75. The van der Waals surface area contributed by atoms with E-state index >= 15 is 0 Å². The fourth-order valence-electron chi connectivity index (χ4n) is 1.76. The summed E-state index contributed by atoms with van der Waals surface area (Å²) >= 11 is 0. The first-order chi connectivity index (χ1) is 6.38. The van der Waals surface area contributed by atoms with Gasteiger partial charge in [-0.25, -0.2) is 0 Å². The van der Waals surface area contributed by atoms with Crippen LogP contribution in [0.2, 0.25) is 0 Å². The maximum Gasteiger partial charge on any atom is 0.138 e. The van der Waals surface area contributed by atoms with Gasteiger partial charge in [0.05, 0.1) is 11.7 Å². The number of aromatic hydroxyl groups is 1. The molecule has 70 valence electrons. The van der Waals surface area contributed by atoms with E-state index in [1.807, 2.05) is 0 Å². The highest BCUT2D eigenvalue weighted by Crippen LogP contribution is 2.27. The van der Waals surface area contributed by atoms with Gasteiger partial charge in [-0.05, 0) is 31.5 Å². The monoisotopic (exact) mass is 178 g/mol. The molecule has 1 atom stereocenters. The van der Waals surface area contributed by atoms with Crippen LogP contribution in [0.1, 0.15) is 31.0 Å². The van der Waals surface area contributed by atoms with Crippen molar-refractivity contribution in [3.8, 4) is 5.75 Å². The number of nitrogens with zero attached hydrogens (tertiary/aromatic N) is 1. The Balaban J connectivity index is 2.18. The number of pyridine rings is 1. The van der Waals surface area contributed by atoms with Crippen molar-refractivity contribution in [2.24, 2.45) is 0 Å². The normalized spacial score (nSPS) is 22.9. The Kier molecular flexibility index (Phi) is 2.45. The Bertz CT molecular complexity index is 282. The molecule has 2 heterocycles. The van der Waals surface area contributed by atoms with E-state index in [1.165, 1.54) is 12.8 Å². The van der Waals surface area contributed by atoms with Crippen LogP contribution in [0.25, 0.3) is 0 Å². The van der Waals surface area contributed by atoms with E-state index in [0.717, 1.165) is 18.7 Å². The Morgan fingerprint density at radius 1 is 1.46 bits per heavy atom. The minimum atomic E-state index is 0.245. The standard InChI is InChI=1S/C10H14N2O/c13-9-5-3-7-12-10(9)8-4-1-2-6-11-8/h3,5,7-8,11,13H,1-2,4,6H2/t8-/m1/s1. The molecule has 1 saturated heterocycles. The molecule has 0 saturated carbocycles. The van der Waals surface area contributed by atoms with Crippen LogP contribution in [0.15, 0.2) is 18.3 Å². The number of piperidine rings is 1. The van der Waals surface area contributed by atoms with Gasteiger partial charge in [0, 0.05) is 6.20 Å². The minimum absolute atomic E-state index is 0.245. The van der Waals surface area contributed by atoms with Gasteiger partial charge in [-0.2, -0.15) is 0 Å². The van der Waals surface area contributed by atoms with Crippen molar-refractivity contribution in [1.29, 1.82) is 0 Å². The van der Waals surface area contributed by atoms with E-state index in [9.17, 15) is 5.11 Å². The lowest BCUT2D eigenvalue weighted by molar-refractivity contribution is 0.382. The van der Waals surface area contributed by atoms with Gasteiger partial charge < -0.3 is 10.4 Å². The number of nitrogens with one attached hydrogen (secondary N) is 1. The Hall–Kier alpha value is -1.09. The zero-order valence-corrected chi connectivity index (χ0v) is 7.53. The highest BCUT2D eigenvalue weighted by atomic mass is 16.3. The second-order valence-corrected chi connectivity index (χ2v) is 3.41. The second-order valence-electron chi connectivity index (χ2n) is 3.41. The van der Waals surface area contributed by atoms with Crippen LogP contribution < -0.4 is 5.32 Å². The van der Waals surface area contributed by atoms with Crippen LogP contribution in [-0.4, -0.2) is 16.6 Å². The average Bonchev–Trinajstić information content (AvgIpc) is 2.20. The van der Waals surface area contributed by atoms with Crippen molar-refractivity contribution in [2.45, 2.75) is 25.3 Å². The lowest BCUT2D eigenvalue weighted by Gasteiger charge is -2.23. The Morgan fingerprint density at radius 2 is 2.38 bits per heavy atom. The molecule has 1 aliphatic heterocycles. The van der Waals surface area contributed by atoms with E-state index in [4.69, 9.17) is 0 Å². The maximum atomic E-state index is 9.56. The summed E-state index contributed by atoms with van der Waals surface area (Å²) in [6, 6.07) is 3.69. The zero-order valence-electron chi connectivity index (χ0n) is 7.53. The van der Waals surface area contributed by atoms with Gasteiger partial charge in [-0.1, -0.05) is 6.42 Å². The molecular weight excluding hydrogens is 164 g/mol. The van der Waals surface area contributed by atoms with Crippen LogP contribution in [0.3, 0.4) is 0 Å². The van der Waals surface area contributed by atoms with Crippen molar-refractivity contribution in [3.05, 3.63) is 24.0 Å². The fourth-order valence-corrected chi connectivity index (χ4v) is 1.76. The first kappa shape index (κ1) is 8.51. The third-order valence-corrected chi connectivity index (χ3v) is 2.46. The predicted octanol–water partition coefficient (Wildman–Crippen LogP) is 1.60. The van der Waals surface area contributed by atoms with E-state index in [-0.39, 0.29) is 6.04 Å². The first-order valence-corrected chi connectivity index (χ1v) is 4.75. The number of hydrogen-bond donors (Lipinski definition) is 2. The SMILES string of the molecule is Oc1cccnc1[C@H]1CCCCN1. The van der Waals surface area contributed by atoms with Crippen molar-refractivity contribution in [3.63, 3.8) is 0 Å². The summed E-state index contributed by atoms with van der Waals surface area (Å²) in [6.45, 7) is 1.03. The molecule has 2 rings (SSSR count). The summed E-state index contributed by atoms with van der Waals surface area (Å²) in [5.41, 5.74) is 0.794. The molecule has 1 fully saturated rings. The van der Waals surface area contributed by atoms with Crippen molar-refractivity contribution >= 4 is 0 Å². The molecule has 0 aromatic carbocycles. The molecule has 13 heavy (non-hydrogen) atoms. The van der Waals surface area contributed by atoms with Gasteiger partial charge >= 0.3 is 0 Å². The van der Waals surface area contributed by atoms with Crippen LogP contribution in [0.5, 0.6) is 5.75 Å². The molecule has 1 aromatic rings. The number of hydrogen-bond acceptors (Lipinski definition) is 3. The second kappa shape index (κ2) is 3.75. The van der Waals surface area contributed by atoms with Gasteiger partial charge in [0.25, 0.3) is 0 Å². The van der Waals surface area contributed by atoms with E-state index in [2.05, 4.69) is 10.3 Å². The number of rotatable bonds is 1. The molecule has 0 amide bonds. The Morgan fingerprint density at radius 3 is 3.08 bits per heavy atom. The van der Waals surface area contributed by atoms with Gasteiger partial charge in [0.1, 0.15) is 5.75 Å². The summed E-state index contributed by atoms with van der Waals surface area (Å²) in [5, 5.41) is 12.9. The Labute approximate surface area is 77.8 Å². The minimum Gasteiger partial charge on any atom is -0.506 e. The molecule has 3 heteroatoms.